The van der Waals surface area contributed by atoms with E-state index in [1.165, 1.54) is 33.9 Å². The standard InChI is InChI=1S/C31H39N4/c1-7-34-26-18-16-22(32)20-24(26)30(3,4)28(34)14-12-10-9-11-13-15-29-31(5,6)25-21-23(33)17-19-27(25)35(29)8-2/h9-21H,7-8,32-33H2,1-6H3/q+1. The maximum Gasteiger partial charge on any atom is 0.209 e. The summed E-state index contributed by atoms with van der Waals surface area (Å²) in [5.41, 5.74) is 21.3. The van der Waals surface area contributed by atoms with Crippen LogP contribution in [0.5, 0.6) is 0 Å². The number of nitrogens with zero attached hydrogens (tertiary/aromatic N) is 2. The molecule has 182 valence electrons. The van der Waals surface area contributed by atoms with E-state index in [4.69, 9.17) is 11.5 Å². The molecule has 0 bridgehead atoms. The molecule has 35 heavy (non-hydrogen) atoms. The van der Waals surface area contributed by atoms with Crippen molar-refractivity contribution in [2.24, 2.45) is 0 Å². The summed E-state index contributed by atoms with van der Waals surface area (Å²) in [5.74, 6) is 0. The van der Waals surface area contributed by atoms with Gasteiger partial charge in [0.1, 0.15) is 6.54 Å². The first-order valence-electron chi connectivity index (χ1n) is 12.6. The van der Waals surface area contributed by atoms with Crippen LogP contribution >= 0.6 is 0 Å². The molecule has 0 aromatic heterocycles. The third kappa shape index (κ3) is 4.22. The zero-order valence-electron chi connectivity index (χ0n) is 22.0. The zero-order chi connectivity index (χ0) is 25.4. The molecular formula is C31H39N4+. The van der Waals surface area contributed by atoms with Gasteiger partial charge in [0, 0.05) is 52.4 Å². The number of likely N-dealkylation sites (N-methyl/N-ethyl adjacent to an activating group) is 1. The summed E-state index contributed by atoms with van der Waals surface area (Å²) in [6.45, 7) is 15.3. The third-order valence-corrected chi connectivity index (χ3v) is 7.42. The van der Waals surface area contributed by atoms with E-state index < -0.39 is 0 Å². The average Bonchev–Trinajstić information content (AvgIpc) is 3.16. The fourth-order valence-corrected chi connectivity index (χ4v) is 5.55. The number of allylic oxidation sites excluding steroid dienone is 8. The molecule has 4 rings (SSSR count). The van der Waals surface area contributed by atoms with Gasteiger partial charge in [0.25, 0.3) is 0 Å². The van der Waals surface area contributed by atoms with Crippen LogP contribution in [0, 0.1) is 0 Å². The number of nitrogens with two attached hydrogens (primary N) is 2. The van der Waals surface area contributed by atoms with Gasteiger partial charge < -0.3 is 16.4 Å². The van der Waals surface area contributed by atoms with Crippen molar-refractivity contribution in [3.63, 3.8) is 0 Å². The van der Waals surface area contributed by atoms with E-state index in [-0.39, 0.29) is 10.8 Å². The number of hydrogen-bond donors (Lipinski definition) is 2. The summed E-state index contributed by atoms with van der Waals surface area (Å²) >= 11 is 0. The summed E-state index contributed by atoms with van der Waals surface area (Å²) < 4.78 is 2.38. The van der Waals surface area contributed by atoms with Gasteiger partial charge >= 0.3 is 0 Å². The first kappa shape index (κ1) is 24.6. The van der Waals surface area contributed by atoms with Gasteiger partial charge in [-0.1, -0.05) is 44.2 Å². The average molecular weight is 468 g/mol. The second-order valence-electron chi connectivity index (χ2n) is 10.4. The van der Waals surface area contributed by atoms with Crippen LogP contribution in [0.15, 0.2) is 84.6 Å². The van der Waals surface area contributed by atoms with E-state index in [0.717, 1.165) is 24.5 Å². The largest absolute Gasteiger partial charge is 0.399 e. The molecule has 4 N–H and O–H groups in total. The maximum atomic E-state index is 6.09. The minimum absolute atomic E-state index is 0.0820. The SMILES string of the molecule is CCN1\C(=C/C=C/C=C/C=C/C2=[N+](CC)c3ccc(N)cc3C2(C)C)C(C)(C)c2cc(N)ccc21. The van der Waals surface area contributed by atoms with Crippen molar-refractivity contribution in [1.82, 2.24) is 0 Å². The fraction of sp³-hybridized carbons (Fsp3) is 0.323. The van der Waals surface area contributed by atoms with E-state index in [2.05, 4.69) is 118 Å². The van der Waals surface area contributed by atoms with Crippen molar-refractivity contribution in [3.05, 3.63) is 95.8 Å². The molecular weight excluding hydrogens is 428 g/mol. The zero-order valence-corrected chi connectivity index (χ0v) is 22.0. The summed E-state index contributed by atoms with van der Waals surface area (Å²) in [7, 11) is 0. The van der Waals surface area contributed by atoms with Gasteiger partial charge in [0.15, 0.2) is 5.71 Å². The minimum Gasteiger partial charge on any atom is -0.399 e. The highest BCUT2D eigenvalue weighted by molar-refractivity contribution is 6.03. The number of hydrogen-bond acceptors (Lipinski definition) is 3. The Kier molecular flexibility index (Phi) is 6.50. The van der Waals surface area contributed by atoms with Crippen molar-refractivity contribution in [1.29, 1.82) is 0 Å². The molecule has 0 saturated carbocycles. The van der Waals surface area contributed by atoms with Gasteiger partial charge in [-0.25, -0.2) is 0 Å². The van der Waals surface area contributed by atoms with Gasteiger partial charge in [-0.2, -0.15) is 4.58 Å². The van der Waals surface area contributed by atoms with Crippen molar-refractivity contribution >= 4 is 28.5 Å². The second-order valence-corrected chi connectivity index (χ2v) is 10.4. The molecule has 0 aliphatic carbocycles. The Balaban J connectivity index is 1.51. The third-order valence-electron chi connectivity index (χ3n) is 7.42. The van der Waals surface area contributed by atoms with E-state index in [1.807, 2.05) is 12.1 Å². The molecule has 0 amide bonds. The Morgan fingerprint density at radius 3 is 2.11 bits per heavy atom. The first-order chi connectivity index (χ1) is 16.6. The number of nitrogen functional groups attached to an aromatic ring is 2. The molecule has 0 spiro atoms. The lowest BCUT2D eigenvalue weighted by Crippen LogP contribution is -2.27. The highest BCUT2D eigenvalue weighted by Gasteiger charge is 2.43. The Bertz CT molecular complexity index is 1290. The van der Waals surface area contributed by atoms with Crippen molar-refractivity contribution in [2.75, 3.05) is 29.5 Å². The molecule has 0 atom stereocenters. The Morgan fingerprint density at radius 2 is 1.43 bits per heavy atom. The number of rotatable bonds is 6. The normalized spacial score (nSPS) is 19.6. The van der Waals surface area contributed by atoms with Gasteiger partial charge in [0.2, 0.25) is 5.69 Å². The smallest absolute Gasteiger partial charge is 0.209 e. The molecule has 2 aliphatic heterocycles. The van der Waals surface area contributed by atoms with Gasteiger partial charge in [-0.3, -0.25) is 0 Å². The second kappa shape index (κ2) is 9.26. The lowest BCUT2D eigenvalue weighted by molar-refractivity contribution is -0.433. The van der Waals surface area contributed by atoms with E-state index in [0.29, 0.717) is 0 Å². The van der Waals surface area contributed by atoms with Crippen LogP contribution in [0.3, 0.4) is 0 Å². The summed E-state index contributed by atoms with van der Waals surface area (Å²) in [6, 6.07) is 12.5. The lowest BCUT2D eigenvalue weighted by atomic mass is 9.81. The maximum absolute atomic E-state index is 6.09. The van der Waals surface area contributed by atoms with Crippen LogP contribution in [-0.2, 0) is 10.8 Å². The highest BCUT2D eigenvalue weighted by Crippen LogP contribution is 2.48. The number of anilines is 3. The van der Waals surface area contributed by atoms with Crippen LogP contribution < -0.4 is 16.4 Å². The van der Waals surface area contributed by atoms with Crippen LogP contribution in [0.25, 0.3) is 0 Å². The van der Waals surface area contributed by atoms with Crippen molar-refractivity contribution in [3.8, 4) is 0 Å². The predicted molar refractivity (Wildman–Crippen MR) is 152 cm³/mol. The Labute approximate surface area is 210 Å². The van der Waals surface area contributed by atoms with Crippen LogP contribution in [-0.4, -0.2) is 23.4 Å². The van der Waals surface area contributed by atoms with Crippen molar-refractivity contribution < 1.29 is 4.58 Å². The fourth-order valence-electron chi connectivity index (χ4n) is 5.55. The minimum atomic E-state index is -0.0820. The first-order valence-corrected chi connectivity index (χ1v) is 12.6. The predicted octanol–water partition coefficient (Wildman–Crippen LogP) is 6.62. The molecule has 0 saturated heterocycles. The molecule has 0 radical (unpaired) electrons. The van der Waals surface area contributed by atoms with Crippen LogP contribution in [0.1, 0.15) is 52.7 Å². The summed E-state index contributed by atoms with van der Waals surface area (Å²) in [5, 5.41) is 0. The Hall–Kier alpha value is -3.53. The van der Waals surface area contributed by atoms with E-state index in [1.54, 1.807) is 0 Å². The molecule has 2 heterocycles. The molecule has 0 fully saturated rings. The quantitative estimate of drug-likeness (QED) is 0.285. The van der Waals surface area contributed by atoms with Crippen LogP contribution in [0.4, 0.5) is 22.7 Å². The Morgan fingerprint density at radius 1 is 0.800 bits per heavy atom. The van der Waals surface area contributed by atoms with Crippen LogP contribution in [0.2, 0.25) is 0 Å². The molecule has 4 nitrogen and oxygen atoms in total. The van der Waals surface area contributed by atoms with E-state index in [9.17, 15) is 0 Å². The topological polar surface area (TPSA) is 58.3 Å². The van der Waals surface area contributed by atoms with Gasteiger partial charge in [-0.15, -0.1) is 0 Å². The summed E-state index contributed by atoms with van der Waals surface area (Å²) in [6.07, 6.45) is 15.0. The molecule has 2 aromatic carbocycles. The molecule has 4 heteroatoms. The number of fused-ring (bicyclic) bond motifs is 2. The van der Waals surface area contributed by atoms with Gasteiger partial charge in [-0.05, 0) is 69.7 Å². The van der Waals surface area contributed by atoms with Gasteiger partial charge in [0.05, 0.1) is 5.41 Å². The van der Waals surface area contributed by atoms with Crippen molar-refractivity contribution in [2.45, 2.75) is 52.4 Å². The highest BCUT2D eigenvalue weighted by atomic mass is 15.2. The van der Waals surface area contributed by atoms with E-state index >= 15 is 0 Å². The molecule has 0 unspecified atom stereocenters. The lowest BCUT2D eigenvalue weighted by Gasteiger charge is -2.25. The molecule has 2 aliphatic rings. The monoisotopic (exact) mass is 467 g/mol. The summed E-state index contributed by atoms with van der Waals surface area (Å²) in [4.78, 5) is 2.38. The number of benzene rings is 2. The molecule has 2 aromatic rings.